The Labute approximate surface area is 144 Å². The average Bonchev–Trinajstić information content (AvgIpc) is 2.54. The second-order valence-corrected chi connectivity index (χ2v) is 5.49. The van der Waals surface area contributed by atoms with E-state index in [9.17, 15) is 14.4 Å². The third kappa shape index (κ3) is 10.3. The van der Waals surface area contributed by atoms with Crippen LogP contribution in [0.25, 0.3) is 0 Å². The first-order chi connectivity index (χ1) is 11.5. The molecule has 0 aliphatic rings. The lowest BCUT2D eigenvalue weighted by Gasteiger charge is -2.23. The Balaban J connectivity index is 4.34. The van der Waals surface area contributed by atoms with Crippen LogP contribution in [-0.2, 0) is 23.9 Å². The number of nitrogens with one attached hydrogen (secondary N) is 1. The molecule has 0 aromatic rings. The summed E-state index contributed by atoms with van der Waals surface area (Å²) in [5.41, 5.74) is 0. The zero-order chi connectivity index (χ0) is 18.4. The molecule has 0 unspecified atom stereocenters. The van der Waals surface area contributed by atoms with Crippen molar-refractivity contribution in [3.63, 3.8) is 0 Å². The highest BCUT2D eigenvalue weighted by Gasteiger charge is 2.17. The van der Waals surface area contributed by atoms with Gasteiger partial charge in [0, 0.05) is 33.3 Å². The van der Waals surface area contributed by atoms with Gasteiger partial charge in [-0.3, -0.25) is 14.4 Å². The number of hydrogen-bond donors (Lipinski definition) is 1. The van der Waals surface area contributed by atoms with Gasteiger partial charge in [0.25, 0.3) is 0 Å². The van der Waals surface area contributed by atoms with Crippen LogP contribution < -0.4 is 5.32 Å². The number of rotatable bonds is 14. The minimum atomic E-state index is -0.299. The molecule has 0 saturated heterocycles. The van der Waals surface area contributed by atoms with E-state index in [2.05, 4.69) is 5.32 Å². The molecule has 0 fully saturated rings. The van der Waals surface area contributed by atoms with Crippen LogP contribution >= 0.6 is 0 Å². The van der Waals surface area contributed by atoms with E-state index in [1.54, 1.807) is 19.1 Å². The fourth-order valence-corrected chi connectivity index (χ4v) is 2.05. The fourth-order valence-electron chi connectivity index (χ4n) is 2.05. The number of carbonyl (C=O) groups excluding carboxylic acids is 3. The molecule has 0 saturated carbocycles. The molecule has 0 aromatic carbocycles. The van der Waals surface area contributed by atoms with Crippen LogP contribution in [0.5, 0.6) is 0 Å². The highest BCUT2D eigenvalue weighted by Crippen LogP contribution is 1.96. The van der Waals surface area contributed by atoms with Crippen LogP contribution in [0.4, 0.5) is 0 Å². The maximum absolute atomic E-state index is 12.1. The number of ether oxygens (including phenoxy) is 2. The summed E-state index contributed by atoms with van der Waals surface area (Å²) in [5.74, 6) is -0.563. The summed E-state index contributed by atoms with van der Waals surface area (Å²) in [5, 5.41) is 2.93. The number of methoxy groups -OCH3 is 1. The fraction of sp³-hybridized carbons (Fsp3) is 0.812. The Morgan fingerprint density at radius 3 is 2.12 bits per heavy atom. The summed E-state index contributed by atoms with van der Waals surface area (Å²) in [6.45, 7) is 5.68. The summed E-state index contributed by atoms with van der Waals surface area (Å²) in [4.78, 5) is 38.5. The van der Waals surface area contributed by atoms with Gasteiger partial charge in [-0.15, -0.1) is 0 Å². The van der Waals surface area contributed by atoms with E-state index in [1.165, 1.54) is 11.8 Å². The van der Waals surface area contributed by atoms with Crippen molar-refractivity contribution in [1.82, 2.24) is 15.1 Å². The molecular weight excluding hydrogens is 314 g/mol. The standard InChI is InChI=1S/C16H31N3O5/c1-5-7-18(9-10-23-4)15(21)12-24-13-16(22)19(8-6-17-3)11-14(2)20/h17H,5-13H2,1-4H3. The van der Waals surface area contributed by atoms with Crippen molar-refractivity contribution in [2.75, 3.05) is 66.7 Å². The number of amides is 2. The van der Waals surface area contributed by atoms with Gasteiger partial charge in [0.15, 0.2) is 0 Å². The molecule has 0 bridgehead atoms. The molecule has 0 atom stereocenters. The third-order valence-electron chi connectivity index (χ3n) is 3.26. The van der Waals surface area contributed by atoms with Crippen molar-refractivity contribution in [2.24, 2.45) is 0 Å². The summed E-state index contributed by atoms with van der Waals surface area (Å²) in [6, 6.07) is 0. The second-order valence-electron chi connectivity index (χ2n) is 5.49. The molecule has 8 heteroatoms. The quantitative estimate of drug-likeness (QED) is 0.458. The van der Waals surface area contributed by atoms with Gasteiger partial charge in [0.2, 0.25) is 11.8 Å². The number of ketones is 1. The maximum Gasteiger partial charge on any atom is 0.249 e. The normalized spacial score (nSPS) is 10.5. The first-order valence-corrected chi connectivity index (χ1v) is 8.22. The van der Waals surface area contributed by atoms with Crippen LogP contribution in [0.1, 0.15) is 20.3 Å². The lowest BCUT2D eigenvalue weighted by molar-refractivity contribution is -0.143. The predicted octanol–water partition coefficient (Wildman–Crippen LogP) is -0.475. The molecule has 2 amide bonds. The van der Waals surface area contributed by atoms with Gasteiger partial charge in [-0.1, -0.05) is 6.92 Å². The molecule has 24 heavy (non-hydrogen) atoms. The molecule has 0 spiro atoms. The van der Waals surface area contributed by atoms with Gasteiger partial charge < -0.3 is 24.6 Å². The van der Waals surface area contributed by atoms with Gasteiger partial charge in [-0.05, 0) is 20.4 Å². The molecule has 0 aliphatic carbocycles. The SMILES string of the molecule is CCCN(CCOC)C(=O)COCC(=O)N(CCNC)CC(C)=O. The summed E-state index contributed by atoms with van der Waals surface area (Å²) < 4.78 is 10.2. The van der Waals surface area contributed by atoms with Gasteiger partial charge in [0.1, 0.15) is 19.0 Å². The molecular formula is C16H31N3O5. The number of nitrogens with zero attached hydrogens (tertiary/aromatic N) is 2. The minimum Gasteiger partial charge on any atom is -0.383 e. The van der Waals surface area contributed by atoms with E-state index < -0.39 is 0 Å². The zero-order valence-corrected chi connectivity index (χ0v) is 15.3. The minimum absolute atomic E-state index is 0.0492. The van der Waals surface area contributed by atoms with Crippen molar-refractivity contribution >= 4 is 17.6 Å². The Hall–Kier alpha value is -1.51. The topological polar surface area (TPSA) is 88.2 Å². The van der Waals surface area contributed by atoms with E-state index in [4.69, 9.17) is 9.47 Å². The second kappa shape index (κ2) is 13.9. The molecule has 0 radical (unpaired) electrons. The molecule has 0 rings (SSSR count). The summed E-state index contributed by atoms with van der Waals surface area (Å²) in [7, 11) is 3.35. The number of Topliss-reactive ketones (excluding diaryl/α,β-unsaturated/α-hetero) is 1. The molecule has 8 nitrogen and oxygen atoms in total. The highest BCUT2D eigenvalue weighted by molar-refractivity contribution is 5.85. The zero-order valence-electron chi connectivity index (χ0n) is 15.3. The average molecular weight is 345 g/mol. The van der Waals surface area contributed by atoms with E-state index in [-0.39, 0.29) is 37.4 Å². The largest absolute Gasteiger partial charge is 0.383 e. The van der Waals surface area contributed by atoms with Crippen molar-refractivity contribution < 1.29 is 23.9 Å². The van der Waals surface area contributed by atoms with Crippen molar-refractivity contribution in [1.29, 1.82) is 0 Å². The van der Waals surface area contributed by atoms with Gasteiger partial charge in [-0.25, -0.2) is 0 Å². The summed E-state index contributed by atoms with van der Waals surface area (Å²) in [6.07, 6.45) is 0.838. The summed E-state index contributed by atoms with van der Waals surface area (Å²) >= 11 is 0. The Morgan fingerprint density at radius 1 is 1.00 bits per heavy atom. The number of likely N-dealkylation sites (N-methyl/N-ethyl adjacent to an activating group) is 1. The first kappa shape index (κ1) is 22.5. The highest BCUT2D eigenvalue weighted by atomic mass is 16.5. The third-order valence-corrected chi connectivity index (χ3v) is 3.26. The monoisotopic (exact) mass is 345 g/mol. The van der Waals surface area contributed by atoms with Crippen LogP contribution in [0.2, 0.25) is 0 Å². The predicted molar refractivity (Wildman–Crippen MR) is 90.8 cm³/mol. The lowest BCUT2D eigenvalue weighted by atomic mass is 10.3. The van der Waals surface area contributed by atoms with Crippen molar-refractivity contribution in [3.05, 3.63) is 0 Å². The smallest absolute Gasteiger partial charge is 0.249 e. The van der Waals surface area contributed by atoms with Crippen molar-refractivity contribution in [3.8, 4) is 0 Å². The van der Waals surface area contributed by atoms with Gasteiger partial charge >= 0.3 is 0 Å². The molecule has 1 N–H and O–H groups in total. The van der Waals surface area contributed by atoms with Crippen molar-refractivity contribution in [2.45, 2.75) is 20.3 Å². The molecule has 0 aromatic heterocycles. The van der Waals surface area contributed by atoms with E-state index >= 15 is 0 Å². The Kier molecular flexibility index (Phi) is 13.0. The van der Waals surface area contributed by atoms with Gasteiger partial charge in [0.05, 0.1) is 13.2 Å². The van der Waals surface area contributed by atoms with E-state index in [0.29, 0.717) is 32.8 Å². The maximum atomic E-state index is 12.1. The Morgan fingerprint density at radius 2 is 1.62 bits per heavy atom. The number of carbonyl (C=O) groups is 3. The lowest BCUT2D eigenvalue weighted by Crippen LogP contribution is -2.42. The van der Waals surface area contributed by atoms with E-state index in [1.807, 2.05) is 6.92 Å². The molecule has 0 heterocycles. The molecule has 140 valence electrons. The van der Waals surface area contributed by atoms with Crippen LogP contribution in [0, 0.1) is 0 Å². The first-order valence-electron chi connectivity index (χ1n) is 8.22. The molecule has 0 aliphatic heterocycles. The Bertz CT molecular complexity index is 390. The van der Waals surface area contributed by atoms with E-state index in [0.717, 1.165) is 6.42 Å². The van der Waals surface area contributed by atoms with Gasteiger partial charge in [-0.2, -0.15) is 0 Å². The van der Waals surface area contributed by atoms with Crippen LogP contribution in [-0.4, -0.2) is 94.1 Å². The van der Waals surface area contributed by atoms with Crippen LogP contribution in [0.3, 0.4) is 0 Å². The number of hydrogen-bond acceptors (Lipinski definition) is 6. The van der Waals surface area contributed by atoms with Crippen LogP contribution in [0.15, 0.2) is 0 Å².